The van der Waals surface area contributed by atoms with Gasteiger partial charge < -0.3 is 9.84 Å². The van der Waals surface area contributed by atoms with Crippen LogP contribution in [0.25, 0.3) is 0 Å². The van der Waals surface area contributed by atoms with Gasteiger partial charge in [-0.1, -0.05) is 5.21 Å². The zero-order valence-electron chi connectivity index (χ0n) is 9.06. The van der Waals surface area contributed by atoms with E-state index in [2.05, 4.69) is 10.3 Å². The van der Waals surface area contributed by atoms with Crippen molar-refractivity contribution in [2.75, 3.05) is 13.7 Å². The SMILES string of the molecule is COC[C@@H](O)c1cnnn1C(C)(C)C. The van der Waals surface area contributed by atoms with Gasteiger partial charge in [0.2, 0.25) is 0 Å². The highest BCUT2D eigenvalue weighted by atomic mass is 16.5. The molecule has 0 amide bonds. The Morgan fingerprint density at radius 2 is 2.21 bits per heavy atom. The molecule has 0 bridgehead atoms. The van der Waals surface area contributed by atoms with Crippen molar-refractivity contribution >= 4 is 0 Å². The zero-order chi connectivity index (χ0) is 10.8. The first-order valence-corrected chi connectivity index (χ1v) is 4.55. The number of aromatic nitrogens is 3. The van der Waals surface area contributed by atoms with Crippen LogP contribution in [0.4, 0.5) is 0 Å². The summed E-state index contributed by atoms with van der Waals surface area (Å²) in [6.45, 7) is 6.27. The van der Waals surface area contributed by atoms with Crippen LogP contribution >= 0.6 is 0 Å². The summed E-state index contributed by atoms with van der Waals surface area (Å²) in [6, 6.07) is 0. The quantitative estimate of drug-likeness (QED) is 0.779. The van der Waals surface area contributed by atoms with Crippen LogP contribution in [0.1, 0.15) is 32.6 Å². The molecule has 0 fully saturated rings. The molecule has 1 aromatic heterocycles. The molecule has 0 spiro atoms. The number of ether oxygens (including phenoxy) is 1. The second-order valence-corrected chi connectivity index (χ2v) is 4.21. The fraction of sp³-hybridized carbons (Fsp3) is 0.778. The summed E-state index contributed by atoms with van der Waals surface area (Å²) >= 11 is 0. The highest BCUT2D eigenvalue weighted by molar-refractivity contribution is 5.01. The lowest BCUT2D eigenvalue weighted by Crippen LogP contribution is -2.27. The Bertz CT molecular complexity index is 290. The lowest BCUT2D eigenvalue weighted by Gasteiger charge is -2.22. The lowest BCUT2D eigenvalue weighted by atomic mass is 10.1. The molecule has 5 heteroatoms. The number of aliphatic hydroxyl groups is 1. The second-order valence-electron chi connectivity index (χ2n) is 4.21. The van der Waals surface area contributed by atoms with E-state index in [0.717, 1.165) is 0 Å². The monoisotopic (exact) mass is 199 g/mol. The van der Waals surface area contributed by atoms with Crippen LogP contribution in [-0.2, 0) is 10.3 Å². The predicted molar refractivity (Wildman–Crippen MR) is 51.9 cm³/mol. The Balaban J connectivity index is 2.93. The van der Waals surface area contributed by atoms with Crippen molar-refractivity contribution in [3.8, 4) is 0 Å². The highest BCUT2D eigenvalue weighted by Crippen LogP contribution is 2.19. The molecule has 14 heavy (non-hydrogen) atoms. The van der Waals surface area contributed by atoms with Crippen LogP contribution in [0.2, 0.25) is 0 Å². The minimum absolute atomic E-state index is 0.180. The molecular weight excluding hydrogens is 182 g/mol. The normalized spacial score (nSPS) is 14.4. The molecule has 0 aliphatic carbocycles. The molecule has 0 aliphatic rings. The van der Waals surface area contributed by atoms with Crippen molar-refractivity contribution in [3.05, 3.63) is 11.9 Å². The fourth-order valence-corrected chi connectivity index (χ4v) is 1.23. The molecule has 0 aliphatic heterocycles. The Hall–Kier alpha value is -0.940. The van der Waals surface area contributed by atoms with E-state index in [0.29, 0.717) is 5.69 Å². The standard InChI is InChI=1S/C9H17N3O2/c1-9(2,3)12-7(5-10-11-12)8(13)6-14-4/h5,8,13H,6H2,1-4H3/t8-/m1/s1. The zero-order valence-corrected chi connectivity index (χ0v) is 9.06. The third-order valence-corrected chi connectivity index (χ3v) is 1.88. The number of nitrogens with zero attached hydrogens (tertiary/aromatic N) is 3. The second kappa shape index (κ2) is 4.06. The highest BCUT2D eigenvalue weighted by Gasteiger charge is 2.22. The van der Waals surface area contributed by atoms with Gasteiger partial charge in [-0.2, -0.15) is 0 Å². The molecule has 1 N–H and O–H groups in total. The van der Waals surface area contributed by atoms with Gasteiger partial charge in [0.1, 0.15) is 6.10 Å². The summed E-state index contributed by atoms with van der Waals surface area (Å²) in [5.74, 6) is 0. The average Bonchev–Trinajstić information content (AvgIpc) is 2.50. The average molecular weight is 199 g/mol. The van der Waals surface area contributed by atoms with E-state index in [1.54, 1.807) is 18.0 Å². The molecule has 0 saturated heterocycles. The van der Waals surface area contributed by atoms with Crippen molar-refractivity contribution in [3.63, 3.8) is 0 Å². The van der Waals surface area contributed by atoms with Gasteiger partial charge in [0.15, 0.2) is 0 Å². The molecule has 0 saturated carbocycles. The van der Waals surface area contributed by atoms with Crippen LogP contribution in [0, 0.1) is 0 Å². The predicted octanol–water partition coefficient (Wildman–Crippen LogP) is 0.713. The summed E-state index contributed by atoms with van der Waals surface area (Å²) in [4.78, 5) is 0. The Labute approximate surface area is 83.7 Å². The van der Waals surface area contributed by atoms with Crippen LogP contribution in [0.3, 0.4) is 0 Å². The Kier molecular flexibility index (Phi) is 3.23. The Morgan fingerprint density at radius 1 is 1.57 bits per heavy atom. The minimum Gasteiger partial charge on any atom is -0.384 e. The molecule has 1 rings (SSSR count). The van der Waals surface area contributed by atoms with Crippen molar-refractivity contribution in [2.45, 2.75) is 32.4 Å². The summed E-state index contributed by atoms with van der Waals surface area (Å²) in [5, 5.41) is 17.5. The largest absolute Gasteiger partial charge is 0.384 e. The number of hydrogen-bond donors (Lipinski definition) is 1. The maximum atomic E-state index is 9.73. The summed E-state index contributed by atoms with van der Waals surface area (Å²) in [6.07, 6.45) is 0.892. The Morgan fingerprint density at radius 3 is 2.71 bits per heavy atom. The van der Waals surface area contributed by atoms with E-state index >= 15 is 0 Å². The fourth-order valence-electron chi connectivity index (χ4n) is 1.23. The van der Waals surface area contributed by atoms with Gasteiger partial charge in [0.05, 0.1) is 24.0 Å². The van der Waals surface area contributed by atoms with Crippen molar-refractivity contribution in [2.24, 2.45) is 0 Å². The third-order valence-electron chi connectivity index (χ3n) is 1.88. The van der Waals surface area contributed by atoms with Crippen molar-refractivity contribution < 1.29 is 9.84 Å². The van der Waals surface area contributed by atoms with Crippen LogP contribution in [0.15, 0.2) is 6.20 Å². The van der Waals surface area contributed by atoms with Gasteiger partial charge >= 0.3 is 0 Å². The number of aliphatic hydroxyl groups excluding tert-OH is 1. The number of hydrogen-bond acceptors (Lipinski definition) is 4. The topological polar surface area (TPSA) is 60.2 Å². The van der Waals surface area contributed by atoms with Crippen LogP contribution in [0.5, 0.6) is 0 Å². The molecule has 80 valence electrons. The smallest absolute Gasteiger partial charge is 0.120 e. The third kappa shape index (κ3) is 2.30. The minimum atomic E-state index is -0.672. The van der Waals surface area contributed by atoms with E-state index in [4.69, 9.17) is 4.74 Å². The first-order valence-electron chi connectivity index (χ1n) is 4.55. The first kappa shape index (κ1) is 11.1. The van der Waals surface area contributed by atoms with Gasteiger partial charge in [-0.05, 0) is 20.8 Å². The molecule has 1 heterocycles. The summed E-state index contributed by atoms with van der Waals surface area (Å²) in [7, 11) is 1.55. The van der Waals surface area contributed by atoms with Crippen molar-refractivity contribution in [1.29, 1.82) is 0 Å². The maximum Gasteiger partial charge on any atom is 0.120 e. The summed E-state index contributed by atoms with van der Waals surface area (Å²) < 4.78 is 6.58. The van der Waals surface area contributed by atoms with E-state index in [1.807, 2.05) is 20.8 Å². The van der Waals surface area contributed by atoms with Crippen LogP contribution < -0.4 is 0 Å². The van der Waals surface area contributed by atoms with Gasteiger partial charge in [-0.15, -0.1) is 5.10 Å². The first-order chi connectivity index (χ1) is 6.46. The van der Waals surface area contributed by atoms with Gasteiger partial charge in [0.25, 0.3) is 0 Å². The van der Waals surface area contributed by atoms with Gasteiger partial charge in [0, 0.05) is 7.11 Å². The number of rotatable bonds is 3. The van der Waals surface area contributed by atoms with E-state index in [1.165, 1.54) is 0 Å². The number of methoxy groups -OCH3 is 1. The molecule has 1 atom stereocenters. The van der Waals surface area contributed by atoms with Crippen molar-refractivity contribution in [1.82, 2.24) is 15.0 Å². The molecule has 0 radical (unpaired) electrons. The molecular formula is C9H17N3O2. The lowest BCUT2D eigenvalue weighted by molar-refractivity contribution is 0.0554. The van der Waals surface area contributed by atoms with E-state index in [-0.39, 0.29) is 12.1 Å². The van der Waals surface area contributed by atoms with Gasteiger partial charge in [-0.3, -0.25) is 0 Å². The van der Waals surface area contributed by atoms with E-state index < -0.39 is 6.10 Å². The summed E-state index contributed by atoms with van der Waals surface area (Å²) in [5.41, 5.74) is 0.500. The van der Waals surface area contributed by atoms with E-state index in [9.17, 15) is 5.11 Å². The molecule has 5 nitrogen and oxygen atoms in total. The van der Waals surface area contributed by atoms with Crippen LogP contribution in [-0.4, -0.2) is 33.8 Å². The van der Waals surface area contributed by atoms with Gasteiger partial charge in [-0.25, -0.2) is 4.68 Å². The molecule has 0 unspecified atom stereocenters. The molecule has 1 aromatic rings. The maximum absolute atomic E-state index is 9.73. The molecule has 0 aromatic carbocycles.